The number of hydrogen-bond donors (Lipinski definition) is 2. The van der Waals surface area contributed by atoms with Crippen LogP contribution in [0.3, 0.4) is 0 Å². The molecular formula is C16H16N4O. The predicted octanol–water partition coefficient (Wildman–Crippen LogP) is 1.28. The fourth-order valence-electron chi connectivity index (χ4n) is 1.80. The van der Waals surface area contributed by atoms with E-state index in [1.807, 2.05) is 19.1 Å². The van der Waals surface area contributed by atoms with Gasteiger partial charge in [0.1, 0.15) is 0 Å². The summed E-state index contributed by atoms with van der Waals surface area (Å²) in [6, 6.07) is 5.32. The van der Waals surface area contributed by atoms with Gasteiger partial charge in [-0.1, -0.05) is 11.8 Å². The summed E-state index contributed by atoms with van der Waals surface area (Å²) >= 11 is 0. The first kappa shape index (κ1) is 14.7. The number of nitrogens with one attached hydrogen (secondary N) is 1. The lowest BCUT2D eigenvalue weighted by Gasteiger charge is -2.14. The number of hydrogen-bond acceptors (Lipinski definition) is 4. The molecular weight excluding hydrogens is 264 g/mol. The van der Waals surface area contributed by atoms with Gasteiger partial charge in [-0.05, 0) is 30.7 Å². The van der Waals surface area contributed by atoms with Crippen LogP contribution in [0.4, 0.5) is 0 Å². The molecule has 2 rings (SSSR count). The van der Waals surface area contributed by atoms with Crippen LogP contribution in [0, 0.1) is 11.8 Å². The van der Waals surface area contributed by atoms with E-state index >= 15 is 0 Å². The van der Waals surface area contributed by atoms with Crippen LogP contribution in [-0.4, -0.2) is 22.4 Å². The minimum Gasteiger partial charge on any atom is -0.345 e. The molecule has 1 unspecified atom stereocenters. The van der Waals surface area contributed by atoms with Crippen LogP contribution >= 0.6 is 0 Å². The van der Waals surface area contributed by atoms with E-state index < -0.39 is 0 Å². The molecule has 0 bridgehead atoms. The Morgan fingerprint density at radius 2 is 2.10 bits per heavy atom. The number of nitrogens with zero attached hydrogens (tertiary/aromatic N) is 2. The van der Waals surface area contributed by atoms with Crippen LogP contribution < -0.4 is 11.1 Å². The van der Waals surface area contributed by atoms with Crippen LogP contribution in [0.15, 0.2) is 43.0 Å². The van der Waals surface area contributed by atoms with Gasteiger partial charge in [0.25, 0.3) is 5.91 Å². The largest absolute Gasteiger partial charge is 0.345 e. The Bertz CT molecular complexity index is 673. The van der Waals surface area contributed by atoms with Gasteiger partial charge in [-0.15, -0.1) is 0 Å². The Labute approximate surface area is 123 Å². The third-order valence-electron chi connectivity index (χ3n) is 2.89. The maximum atomic E-state index is 12.2. The minimum atomic E-state index is -0.191. The van der Waals surface area contributed by atoms with Crippen LogP contribution in [0.2, 0.25) is 0 Å². The molecule has 21 heavy (non-hydrogen) atoms. The molecule has 3 N–H and O–H groups in total. The van der Waals surface area contributed by atoms with Crippen molar-refractivity contribution >= 4 is 5.91 Å². The molecule has 0 aliphatic carbocycles. The summed E-state index contributed by atoms with van der Waals surface area (Å²) in [5.74, 6) is 5.40. The van der Waals surface area contributed by atoms with E-state index in [0.29, 0.717) is 11.1 Å². The summed E-state index contributed by atoms with van der Waals surface area (Å²) in [4.78, 5) is 20.2. The second-order valence-corrected chi connectivity index (χ2v) is 4.44. The van der Waals surface area contributed by atoms with Crippen molar-refractivity contribution in [2.24, 2.45) is 5.73 Å². The first-order valence-electron chi connectivity index (χ1n) is 6.55. The van der Waals surface area contributed by atoms with Crippen molar-refractivity contribution < 1.29 is 4.79 Å². The average Bonchev–Trinajstić information content (AvgIpc) is 2.54. The Hall–Kier alpha value is -2.71. The predicted molar refractivity (Wildman–Crippen MR) is 80.3 cm³/mol. The highest BCUT2D eigenvalue weighted by Gasteiger charge is 2.11. The van der Waals surface area contributed by atoms with E-state index in [-0.39, 0.29) is 18.5 Å². The maximum absolute atomic E-state index is 12.2. The monoisotopic (exact) mass is 280 g/mol. The standard InChI is InChI=1S/C16H16N4O/c1-12(14-4-7-18-8-5-14)20-16(21)15-9-13(3-2-6-17)10-19-11-15/h4-5,7-12H,6,17H2,1H3,(H,20,21). The SMILES string of the molecule is CC(NC(=O)c1cncc(C#CCN)c1)c1ccncc1. The molecule has 0 aromatic carbocycles. The smallest absolute Gasteiger partial charge is 0.253 e. The summed E-state index contributed by atoms with van der Waals surface area (Å²) in [7, 11) is 0. The maximum Gasteiger partial charge on any atom is 0.253 e. The molecule has 0 aliphatic rings. The lowest BCUT2D eigenvalue weighted by Crippen LogP contribution is -2.26. The molecule has 2 heterocycles. The number of carbonyl (C=O) groups excluding carboxylic acids is 1. The van der Waals surface area contributed by atoms with Gasteiger partial charge in [-0.3, -0.25) is 14.8 Å². The number of carbonyl (C=O) groups is 1. The second kappa shape index (κ2) is 7.17. The van der Waals surface area contributed by atoms with Crippen LogP contribution in [0.5, 0.6) is 0 Å². The Morgan fingerprint density at radius 1 is 1.33 bits per heavy atom. The van der Waals surface area contributed by atoms with Crippen molar-refractivity contribution in [2.75, 3.05) is 6.54 Å². The Morgan fingerprint density at radius 3 is 2.81 bits per heavy atom. The van der Waals surface area contributed by atoms with Gasteiger partial charge in [-0.25, -0.2) is 0 Å². The molecule has 106 valence electrons. The Balaban J connectivity index is 2.10. The fraction of sp³-hybridized carbons (Fsp3) is 0.188. The molecule has 0 aliphatic heterocycles. The van der Waals surface area contributed by atoms with Gasteiger partial charge >= 0.3 is 0 Å². The van der Waals surface area contributed by atoms with E-state index in [1.165, 1.54) is 6.20 Å². The molecule has 2 aromatic heterocycles. The Kier molecular flexibility index (Phi) is 5.02. The minimum absolute atomic E-state index is 0.112. The highest BCUT2D eigenvalue weighted by atomic mass is 16.1. The molecule has 2 aromatic rings. The number of aromatic nitrogens is 2. The number of nitrogens with two attached hydrogens (primary N) is 1. The third-order valence-corrected chi connectivity index (χ3v) is 2.89. The molecule has 0 spiro atoms. The lowest BCUT2D eigenvalue weighted by molar-refractivity contribution is 0.0939. The molecule has 5 nitrogen and oxygen atoms in total. The topological polar surface area (TPSA) is 80.9 Å². The molecule has 0 saturated heterocycles. The molecule has 5 heteroatoms. The van der Waals surface area contributed by atoms with E-state index in [4.69, 9.17) is 5.73 Å². The van der Waals surface area contributed by atoms with Gasteiger partial charge < -0.3 is 11.1 Å². The first-order valence-corrected chi connectivity index (χ1v) is 6.55. The summed E-state index contributed by atoms with van der Waals surface area (Å²) in [5.41, 5.74) is 7.46. The molecule has 1 atom stereocenters. The molecule has 0 saturated carbocycles. The van der Waals surface area contributed by atoms with Gasteiger partial charge in [0, 0.05) is 30.4 Å². The first-order chi connectivity index (χ1) is 10.2. The number of amides is 1. The summed E-state index contributed by atoms with van der Waals surface area (Å²) in [5, 5.41) is 2.92. The zero-order valence-corrected chi connectivity index (χ0v) is 11.7. The van der Waals surface area contributed by atoms with E-state index in [0.717, 1.165) is 5.56 Å². The number of rotatable bonds is 3. The highest BCUT2D eigenvalue weighted by Crippen LogP contribution is 2.11. The van der Waals surface area contributed by atoms with Crippen molar-refractivity contribution in [3.63, 3.8) is 0 Å². The van der Waals surface area contributed by atoms with Crippen molar-refractivity contribution in [1.29, 1.82) is 0 Å². The zero-order chi connectivity index (χ0) is 15.1. The van der Waals surface area contributed by atoms with Gasteiger partial charge in [0.05, 0.1) is 18.2 Å². The zero-order valence-electron chi connectivity index (χ0n) is 11.7. The molecule has 0 radical (unpaired) electrons. The summed E-state index contributed by atoms with van der Waals surface area (Å²) in [6.07, 6.45) is 6.51. The van der Waals surface area contributed by atoms with Gasteiger partial charge in [0.15, 0.2) is 0 Å². The highest BCUT2D eigenvalue weighted by molar-refractivity contribution is 5.94. The van der Waals surface area contributed by atoms with Crippen molar-refractivity contribution in [3.05, 3.63) is 59.7 Å². The molecule has 0 fully saturated rings. The van der Waals surface area contributed by atoms with Crippen molar-refractivity contribution in [1.82, 2.24) is 15.3 Å². The van der Waals surface area contributed by atoms with Crippen LogP contribution in [0.25, 0.3) is 0 Å². The third kappa shape index (κ3) is 4.13. The van der Waals surface area contributed by atoms with Crippen LogP contribution in [-0.2, 0) is 0 Å². The fourth-order valence-corrected chi connectivity index (χ4v) is 1.80. The van der Waals surface area contributed by atoms with Crippen molar-refractivity contribution in [3.8, 4) is 11.8 Å². The molecule has 1 amide bonds. The van der Waals surface area contributed by atoms with Crippen molar-refractivity contribution in [2.45, 2.75) is 13.0 Å². The summed E-state index contributed by atoms with van der Waals surface area (Å²) in [6.45, 7) is 2.19. The normalized spacial score (nSPS) is 11.1. The lowest BCUT2D eigenvalue weighted by atomic mass is 10.1. The second-order valence-electron chi connectivity index (χ2n) is 4.44. The van der Waals surface area contributed by atoms with E-state index in [2.05, 4.69) is 27.1 Å². The summed E-state index contributed by atoms with van der Waals surface area (Å²) < 4.78 is 0. The number of pyridine rings is 2. The quantitative estimate of drug-likeness (QED) is 0.830. The van der Waals surface area contributed by atoms with Crippen LogP contribution in [0.1, 0.15) is 34.5 Å². The van der Waals surface area contributed by atoms with Gasteiger partial charge in [0.2, 0.25) is 0 Å². The van der Waals surface area contributed by atoms with E-state index in [1.54, 1.807) is 24.7 Å². The van der Waals surface area contributed by atoms with E-state index in [9.17, 15) is 4.79 Å². The average molecular weight is 280 g/mol. The van der Waals surface area contributed by atoms with Gasteiger partial charge in [-0.2, -0.15) is 0 Å².